The van der Waals surface area contributed by atoms with Crippen LogP contribution in [-0.4, -0.2) is 23.5 Å². The van der Waals surface area contributed by atoms with E-state index in [1.54, 1.807) is 6.08 Å². The molecule has 1 rings (SSSR count). The van der Waals surface area contributed by atoms with Crippen LogP contribution in [0.25, 0.3) is 0 Å². The van der Waals surface area contributed by atoms with Crippen molar-refractivity contribution in [1.29, 1.82) is 0 Å². The molecule has 0 atom stereocenters. The Balaban J connectivity index is 2.21. The van der Waals surface area contributed by atoms with Crippen LogP contribution in [-0.2, 0) is 9.53 Å². The fourth-order valence-corrected chi connectivity index (χ4v) is 1.62. The lowest BCUT2D eigenvalue weighted by molar-refractivity contribution is -0.112. The summed E-state index contributed by atoms with van der Waals surface area (Å²) in [5.41, 5.74) is -0.269. The van der Waals surface area contributed by atoms with Gasteiger partial charge in [-0.15, -0.1) is 0 Å². The maximum atomic E-state index is 11.4. The summed E-state index contributed by atoms with van der Waals surface area (Å²) in [6.45, 7) is 7.26. The predicted molar refractivity (Wildman–Crippen MR) is 65.7 cm³/mol. The molecule has 0 aliphatic heterocycles. The van der Waals surface area contributed by atoms with Crippen molar-refractivity contribution in [2.45, 2.75) is 52.2 Å². The summed E-state index contributed by atoms with van der Waals surface area (Å²) in [6.07, 6.45) is 4.71. The smallest absolute Gasteiger partial charge is 0.407 e. The third-order valence-corrected chi connectivity index (χ3v) is 2.49. The zero-order chi connectivity index (χ0) is 13.1. The topological polar surface area (TPSA) is 55.4 Å². The molecule has 0 aromatic carbocycles. The van der Waals surface area contributed by atoms with E-state index in [0.29, 0.717) is 5.92 Å². The number of amides is 1. The molecule has 0 spiro atoms. The summed E-state index contributed by atoms with van der Waals surface area (Å²) in [5, 5.41) is 2.75. The zero-order valence-electron chi connectivity index (χ0n) is 10.9. The van der Waals surface area contributed by atoms with Crippen LogP contribution < -0.4 is 5.32 Å². The van der Waals surface area contributed by atoms with Gasteiger partial charge in [0.25, 0.3) is 0 Å². The first-order valence-electron chi connectivity index (χ1n) is 5.94. The van der Waals surface area contributed by atoms with Crippen molar-refractivity contribution >= 4 is 11.9 Å². The third kappa shape index (κ3) is 5.52. The highest BCUT2D eigenvalue weighted by Gasteiger charge is 2.31. The molecular formula is C13H21NO3. The molecule has 0 radical (unpaired) electrons. The third-order valence-electron chi connectivity index (χ3n) is 2.49. The van der Waals surface area contributed by atoms with Gasteiger partial charge in [0, 0.05) is 5.54 Å². The van der Waals surface area contributed by atoms with Crippen LogP contribution in [0.5, 0.6) is 0 Å². The number of alkyl carbamates (subject to hydrolysis) is 1. The number of hydrogen-bond donors (Lipinski definition) is 1. The SMILES string of the molecule is CC(=O)/C=C/C1CC(OC(=O)NC(C)(C)C)C1. The molecule has 0 bridgehead atoms. The van der Waals surface area contributed by atoms with Gasteiger partial charge in [0.15, 0.2) is 5.78 Å². The van der Waals surface area contributed by atoms with Gasteiger partial charge in [-0.05, 0) is 52.5 Å². The highest BCUT2D eigenvalue weighted by atomic mass is 16.6. The molecule has 1 aliphatic rings. The van der Waals surface area contributed by atoms with Gasteiger partial charge in [-0.25, -0.2) is 4.79 Å². The molecule has 0 aromatic heterocycles. The Hall–Kier alpha value is -1.32. The molecule has 1 fully saturated rings. The summed E-state index contributed by atoms with van der Waals surface area (Å²) < 4.78 is 5.23. The van der Waals surface area contributed by atoms with Crippen molar-refractivity contribution in [2.24, 2.45) is 5.92 Å². The average molecular weight is 239 g/mol. The van der Waals surface area contributed by atoms with E-state index >= 15 is 0 Å². The highest BCUT2D eigenvalue weighted by Crippen LogP contribution is 2.31. The molecule has 4 heteroatoms. The summed E-state index contributed by atoms with van der Waals surface area (Å²) in [7, 11) is 0. The van der Waals surface area contributed by atoms with Gasteiger partial charge in [-0.1, -0.05) is 6.08 Å². The number of carbonyl (C=O) groups is 2. The van der Waals surface area contributed by atoms with E-state index < -0.39 is 0 Å². The summed E-state index contributed by atoms with van der Waals surface area (Å²) in [4.78, 5) is 22.2. The predicted octanol–water partition coefficient (Wildman–Crippen LogP) is 2.43. The van der Waals surface area contributed by atoms with Crippen molar-refractivity contribution in [1.82, 2.24) is 5.32 Å². The molecule has 0 saturated heterocycles. The number of hydrogen-bond acceptors (Lipinski definition) is 3. The van der Waals surface area contributed by atoms with Crippen molar-refractivity contribution in [3.8, 4) is 0 Å². The number of nitrogens with one attached hydrogen (secondary N) is 1. The van der Waals surface area contributed by atoms with Crippen molar-refractivity contribution in [3.05, 3.63) is 12.2 Å². The van der Waals surface area contributed by atoms with E-state index in [2.05, 4.69) is 5.32 Å². The lowest BCUT2D eigenvalue weighted by atomic mass is 9.82. The lowest BCUT2D eigenvalue weighted by Crippen LogP contribution is -2.44. The number of allylic oxidation sites excluding steroid dienone is 2. The van der Waals surface area contributed by atoms with Gasteiger partial charge < -0.3 is 10.1 Å². The molecule has 0 unspecified atom stereocenters. The largest absolute Gasteiger partial charge is 0.446 e. The summed E-state index contributed by atoms with van der Waals surface area (Å²) >= 11 is 0. The standard InChI is InChI=1S/C13H21NO3/c1-9(15)5-6-10-7-11(8-10)17-12(16)14-13(2,3)4/h5-6,10-11H,7-8H2,1-4H3,(H,14,16)/b6-5+. The van der Waals surface area contributed by atoms with Gasteiger partial charge in [0.1, 0.15) is 6.10 Å². The fraction of sp³-hybridized carbons (Fsp3) is 0.692. The molecule has 1 amide bonds. The molecule has 1 N–H and O–H groups in total. The first-order chi connectivity index (χ1) is 7.76. The van der Waals surface area contributed by atoms with Crippen LogP contribution in [0.3, 0.4) is 0 Å². The first kappa shape index (κ1) is 13.7. The second-order valence-corrected chi connectivity index (χ2v) is 5.60. The van der Waals surface area contributed by atoms with E-state index in [9.17, 15) is 9.59 Å². The van der Waals surface area contributed by atoms with Crippen LogP contribution in [0.15, 0.2) is 12.2 Å². The molecule has 0 aromatic rings. The minimum Gasteiger partial charge on any atom is -0.446 e. The van der Waals surface area contributed by atoms with E-state index in [1.807, 2.05) is 26.8 Å². The molecule has 4 nitrogen and oxygen atoms in total. The second kappa shape index (κ2) is 5.34. The van der Waals surface area contributed by atoms with E-state index in [4.69, 9.17) is 4.74 Å². The molecule has 1 saturated carbocycles. The minimum absolute atomic E-state index is 0.0149. The van der Waals surface area contributed by atoms with Gasteiger partial charge in [-0.2, -0.15) is 0 Å². The average Bonchev–Trinajstić information content (AvgIpc) is 2.04. The van der Waals surface area contributed by atoms with Crippen molar-refractivity contribution in [3.63, 3.8) is 0 Å². The number of ether oxygens (including phenoxy) is 1. The van der Waals surface area contributed by atoms with Crippen LogP contribution in [0.2, 0.25) is 0 Å². The van der Waals surface area contributed by atoms with E-state index in [1.165, 1.54) is 6.92 Å². The first-order valence-corrected chi connectivity index (χ1v) is 5.94. The Morgan fingerprint density at radius 3 is 2.35 bits per heavy atom. The second-order valence-electron chi connectivity index (χ2n) is 5.60. The highest BCUT2D eigenvalue weighted by molar-refractivity contribution is 5.87. The number of carbonyl (C=O) groups excluding carboxylic acids is 2. The maximum Gasteiger partial charge on any atom is 0.407 e. The van der Waals surface area contributed by atoms with Gasteiger partial charge in [0.2, 0.25) is 0 Å². The van der Waals surface area contributed by atoms with E-state index in [0.717, 1.165) is 12.8 Å². The van der Waals surface area contributed by atoms with Gasteiger partial charge >= 0.3 is 6.09 Å². The minimum atomic E-state index is -0.364. The Morgan fingerprint density at radius 1 is 1.29 bits per heavy atom. The van der Waals surface area contributed by atoms with Gasteiger partial charge in [0.05, 0.1) is 0 Å². The van der Waals surface area contributed by atoms with Crippen LogP contribution in [0.4, 0.5) is 4.79 Å². The Bertz CT molecular complexity index is 322. The van der Waals surface area contributed by atoms with E-state index in [-0.39, 0.29) is 23.5 Å². The fourth-order valence-electron chi connectivity index (χ4n) is 1.62. The normalized spacial score (nSPS) is 24.2. The zero-order valence-corrected chi connectivity index (χ0v) is 10.9. The molecular weight excluding hydrogens is 218 g/mol. The summed E-state index contributed by atoms with van der Waals surface area (Å²) in [6, 6.07) is 0. The molecule has 1 aliphatic carbocycles. The number of rotatable bonds is 3. The van der Waals surface area contributed by atoms with Gasteiger partial charge in [-0.3, -0.25) is 4.79 Å². The quantitative estimate of drug-likeness (QED) is 0.769. The molecule has 17 heavy (non-hydrogen) atoms. The van der Waals surface area contributed by atoms with Crippen molar-refractivity contribution < 1.29 is 14.3 Å². The van der Waals surface area contributed by atoms with Crippen LogP contribution in [0, 0.1) is 5.92 Å². The number of ketones is 1. The Labute approximate surface area is 102 Å². The Morgan fingerprint density at radius 2 is 1.88 bits per heavy atom. The molecule has 96 valence electrons. The summed E-state index contributed by atoms with van der Waals surface area (Å²) in [5.74, 6) is 0.422. The monoisotopic (exact) mass is 239 g/mol. The Kier molecular flexibility index (Phi) is 4.32. The van der Waals surface area contributed by atoms with Crippen LogP contribution in [0.1, 0.15) is 40.5 Å². The maximum absolute atomic E-state index is 11.4. The molecule has 0 heterocycles. The lowest BCUT2D eigenvalue weighted by Gasteiger charge is -2.33. The van der Waals surface area contributed by atoms with Crippen LogP contribution >= 0.6 is 0 Å². The van der Waals surface area contributed by atoms with Crippen molar-refractivity contribution in [2.75, 3.05) is 0 Å².